The molecule has 3 aromatic rings. The topological polar surface area (TPSA) is 113 Å². The fourth-order valence-electron chi connectivity index (χ4n) is 3.83. The van der Waals surface area contributed by atoms with Gasteiger partial charge in [0.15, 0.2) is 5.13 Å². The van der Waals surface area contributed by atoms with Crippen molar-refractivity contribution in [3.8, 4) is 0 Å². The highest BCUT2D eigenvalue weighted by Gasteiger charge is 2.30. The minimum Gasteiger partial charge on any atom is -0.387 e. The van der Waals surface area contributed by atoms with Crippen LogP contribution in [-0.4, -0.2) is 33.1 Å². The molecule has 5 N–H and O–H groups in total. The van der Waals surface area contributed by atoms with Crippen molar-refractivity contribution >= 4 is 28.1 Å². The van der Waals surface area contributed by atoms with Crippen molar-refractivity contribution in [3.63, 3.8) is 0 Å². The molecule has 7 nitrogen and oxygen atoms in total. The van der Waals surface area contributed by atoms with E-state index in [2.05, 4.69) is 20.6 Å². The third-order valence-electron chi connectivity index (χ3n) is 5.31. The lowest BCUT2D eigenvalue weighted by molar-refractivity contribution is -0.115. The van der Waals surface area contributed by atoms with Gasteiger partial charge in [-0.05, 0) is 43.0 Å². The van der Waals surface area contributed by atoms with E-state index < -0.39 is 6.10 Å². The van der Waals surface area contributed by atoms with E-state index in [1.807, 2.05) is 36.4 Å². The molecule has 1 amide bonds. The maximum atomic E-state index is 12.1. The van der Waals surface area contributed by atoms with Crippen LogP contribution in [0, 0.1) is 0 Å². The van der Waals surface area contributed by atoms with Crippen molar-refractivity contribution in [1.29, 1.82) is 0 Å². The number of rotatable bonds is 7. The van der Waals surface area contributed by atoms with Gasteiger partial charge in [0, 0.05) is 41.1 Å². The molecule has 0 bridgehead atoms. The number of amides is 1. The van der Waals surface area contributed by atoms with Crippen molar-refractivity contribution < 1.29 is 9.90 Å². The molecule has 0 unspecified atom stereocenters. The van der Waals surface area contributed by atoms with E-state index in [0.717, 1.165) is 30.5 Å². The number of carbonyl (C=O) groups is 1. The molecule has 0 aliphatic carbocycles. The van der Waals surface area contributed by atoms with Crippen LogP contribution in [0.4, 0.5) is 10.8 Å². The lowest BCUT2D eigenvalue weighted by Gasteiger charge is -2.20. The summed E-state index contributed by atoms with van der Waals surface area (Å²) in [6.45, 7) is 0. The summed E-state index contributed by atoms with van der Waals surface area (Å²) in [5, 5.41) is 19.3. The van der Waals surface area contributed by atoms with Crippen LogP contribution in [0.25, 0.3) is 0 Å². The average molecular weight is 424 g/mol. The van der Waals surface area contributed by atoms with Crippen LogP contribution < -0.4 is 16.4 Å². The number of nitrogens with zero attached hydrogens (tertiary/aromatic N) is 2. The molecule has 0 saturated carbocycles. The number of anilines is 2. The summed E-state index contributed by atoms with van der Waals surface area (Å²) in [5.41, 5.74) is 9.07. The van der Waals surface area contributed by atoms with Crippen molar-refractivity contribution in [2.45, 2.75) is 43.9 Å². The molecule has 1 aliphatic rings. The normalized spacial score (nSPS) is 19.5. The minimum atomic E-state index is -0.547. The zero-order valence-corrected chi connectivity index (χ0v) is 17.3. The van der Waals surface area contributed by atoms with Crippen LogP contribution >= 0.6 is 11.3 Å². The smallest absolute Gasteiger partial charge is 0.230 e. The molecule has 1 aliphatic heterocycles. The van der Waals surface area contributed by atoms with E-state index in [0.29, 0.717) is 16.9 Å². The van der Waals surface area contributed by atoms with Crippen molar-refractivity contribution in [3.05, 3.63) is 71.0 Å². The van der Waals surface area contributed by atoms with Gasteiger partial charge in [-0.15, -0.1) is 11.3 Å². The monoisotopic (exact) mass is 423 g/mol. The zero-order valence-electron chi connectivity index (χ0n) is 16.5. The first-order chi connectivity index (χ1) is 14.6. The number of thiazole rings is 1. The number of aromatic nitrogens is 2. The number of nitrogens with one attached hydrogen (secondary N) is 2. The molecular weight excluding hydrogens is 398 g/mol. The Morgan fingerprint density at radius 1 is 1.30 bits per heavy atom. The standard InChI is InChI=1S/C22H25N5O2S/c23-22-27-18(13-30-22)11-20(28)26-16-5-3-14(4-6-16)10-17-7-8-19(25-17)21(29)15-2-1-9-24-12-15/h1-6,9,12-13,17,19,21,25,29H,7-8,10-11H2,(H2,23,27)(H,26,28)/t17-,19+,21+/m0/s1. The van der Waals surface area contributed by atoms with Crippen molar-refractivity contribution in [1.82, 2.24) is 15.3 Å². The Labute approximate surface area is 179 Å². The summed E-state index contributed by atoms with van der Waals surface area (Å²) in [4.78, 5) is 20.3. The fraction of sp³-hybridized carbons (Fsp3) is 0.318. The number of aliphatic hydroxyl groups is 1. The highest BCUT2D eigenvalue weighted by atomic mass is 32.1. The second-order valence-corrected chi connectivity index (χ2v) is 8.47. The van der Waals surface area contributed by atoms with E-state index in [4.69, 9.17) is 5.73 Å². The second-order valence-electron chi connectivity index (χ2n) is 7.58. The SMILES string of the molecule is Nc1nc(CC(=O)Nc2ccc(C[C@@H]3CC[C@H]([C@H](O)c4cccnc4)N3)cc2)cs1. The average Bonchev–Trinajstić information content (AvgIpc) is 3.38. The van der Waals surface area contributed by atoms with E-state index >= 15 is 0 Å². The molecule has 1 fully saturated rings. The number of carbonyl (C=O) groups excluding carboxylic acids is 1. The molecule has 8 heteroatoms. The van der Waals surface area contributed by atoms with Crippen molar-refractivity contribution in [2.24, 2.45) is 0 Å². The maximum absolute atomic E-state index is 12.1. The van der Waals surface area contributed by atoms with E-state index in [9.17, 15) is 9.90 Å². The molecule has 1 saturated heterocycles. The number of hydrogen-bond donors (Lipinski definition) is 4. The summed E-state index contributed by atoms with van der Waals surface area (Å²) in [6, 6.07) is 12.0. The Morgan fingerprint density at radius 3 is 2.83 bits per heavy atom. The van der Waals surface area contributed by atoms with Gasteiger partial charge in [0.1, 0.15) is 0 Å². The van der Waals surface area contributed by atoms with Gasteiger partial charge in [0.25, 0.3) is 0 Å². The van der Waals surface area contributed by atoms with Gasteiger partial charge in [-0.2, -0.15) is 0 Å². The van der Waals surface area contributed by atoms with Gasteiger partial charge >= 0.3 is 0 Å². The summed E-state index contributed by atoms with van der Waals surface area (Å²) in [7, 11) is 0. The lowest BCUT2D eigenvalue weighted by atomic mass is 10.0. The number of pyridine rings is 1. The third kappa shape index (κ3) is 5.21. The predicted molar refractivity (Wildman–Crippen MR) is 118 cm³/mol. The van der Waals surface area contributed by atoms with E-state index in [1.165, 1.54) is 16.9 Å². The van der Waals surface area contributed by atoms with Gasteiger partial charge in [0.2, 0.25) is 5.91 Å². The first-order valence-corrected chi connectivity index (χ1v) is 10.9. The van der Waals surface area contributed by atoms with Gasteiger partial charge in [0.05, 0.1) is 18.2 Å². The molecule has 0 spiro atoms. The predicted octanol–water partition coefficient (Wildman–Crippen LogP) is 2.70. The summed E-state index contributed by atoms with van der Waals surface area (Å²) in [6.07, 6.45) is 5.91. The molecule has 30 heavy (non-hydrogen) atoms. The van der Waals surface area contributed by atoms with Crippen LogP contribution in [-0.2, 0) is 17.6 Å². The number of nitrogen functional groups attached to an aromatic ring is 1. The van der Waals surface area contributed by atoms with Crippen LogP contribution in [0.15, 0.2) is 54.2 Å². The van der Waals surface area contributed by atoms with E-state index in [1.54, 1.807) is 17.8 Å². The molecule has 0 radical (unpaired) electrons. The number of hydrogen-bond acceptors (Lipinski definition) is 7. The first-order valence-electron chi connectivity index (χ1n) is 9.99. The highest BCUT2D eigenvalue weighted by molar-refractivity contribution is 7.13. The number of aliphatic hydroxyl groups excluding tert-OH is 1. The maximum Gasteiger partial charge on any atom is 0.230 e. The summed E-state index contributed by atoms with van der Waals surface area (Å²) < 4.78 is 0. The highest BCUT2D eigenvalue weighted by Crippen LogP contribution is 2.26. The quantitative estimate of drug-likeness (QED) is 0.465. The van der Waals surface area contributed by atoms with Crippen LogP contribution in [0.3, 0.4) is 0 Å². The molecule has 3 atom stereocenters. The van der Waals surface area contributed by atoms with Gasteiger partial charge in [-0.1, -0.05) is 18.2 Å². The molecule has 2 aromatic heterocycles. The second kappa shape index (κ2) is 9.34. The van der Waals surface area contributed by atoms with Crippen molar-refractivity contribution in [2.75, 3.05) is 11.1 Å². The van der Waals surface area contributed by atoms with Gasteiger partial charge in [-0.3, -0.25) is 9.78 Å². The third-order valence-corrected chi connectivity index (χ3v) is 6.04. The zero-order chi connectivity index (χ0) is 20.9. The Kier molecular flexibility index (Phi) is 6.37. The fourth-order valence-corrected chi connectivity index (χ4v) is 4.39. The van der Waals surface area contributed by atoms with Gasteiger partial charge in [-0.25, -0.2) is 4.98 Å². The molecule has 4 rings (SSSR count). The van der Waals surface area contributed by atoms with Gasteiger partial charge < -0.3 is 21.5 Å². The first kappa shape index (κ1) is 20.5. The Morgan fingerprint density at radius 2 is 2.13 bits per heavy atom. The Hall–Kier alpha value is -2.81. The van der Waals surface area contributed by atoms with Crippen LogP contribution in [0.1, 0.15) is 35.8 Å². The molecular formula is C22H25N5O2S. The molecule has 3 heterocycles. The largest absolute Gasteiger partial charge is 0.387 e. The van der Waals surface area contributed by atoms with E-state index in [-0.39, 0.29) is 18.4 Å². The van der Waals surface area contributed by atoms with Crippen LogP contribution in [0.5, 0.6) is 0 Å². The minimum absolute atomic E-state index is 0.0394. The Bertz CT molecular complexity index is 977. The Balaban J connectivity index is 1.27. The van der Waals surface area contributed by atoms with Crippen LogP contribution in [0.2, 0.25) is 0 Å². The number of nitrogens with two attached hydrogens (primary N) is 1. The summed E-state index contributed by atoms with van der Waals surface area (Å²) in [5.74, 6) is -0.113. The molecule has 1 aromatic carbocycles. The summed E-state index contributed by atoms with van der Waals surface area (Å²) >= 11 is 1.33. The molecule has 156 valence electrons. The lowest BCUT2D eigenvalue weighted by Crippen LogP contribution is -2.35. The number of benzene rings is 1.